The Morgan fingerprint density at radius 3 is 2.00 bits per heavy atom. The van der Waals surface area contributed by atoms with Gasteiger partial charge in [-0.3, -0.25) is 0 Å². The third-order valence-corrected chi connectivity index (χ3v) is 1.31. The van der Waals surface area contributed by atoms with Crippen LogP contribution in [0.25, 0.3) is 0 Å². The summed E-state index contributed by atoms with van der Waals surface area (Å²) in [5.41, 5.74) is 0. The molecule has 3 atom stereocenters. The number of ether oxygens (including phenoxy) is 1. The first kappa shape index (κ1) is 10.3. The van der Waals surface area contributed by atoms with E-state index >= 15 is 0 Å². The van der Waals surface area contributed by atoms with Crippen LogP contribution < -0.4 is 0 Å². The third kappa shape index (κ3) is 2.83. The van der Waals surface area contributed by atoms with Gasteiger partial charge in [0.2, 0.25) is 0 Å². The maximum absolute atomic E-state index is 10.2. The molecule has 5 heteroatoms. The minimum Gasteiger partial charge on any atom is -0.479 e. The SMILES string of the molecule is CO[C@@H]([C@H](C)O)[C@@H](O)C(=O)O. The lowest BCUT2D eigenvalue weighted by Crippen LogP contribution is -2.42. The fraction of sp³-hybridized carbons (Fsp3) is 0.833. The Morgan fingerprint density at radius 2 is 1.91 bits per heavy atom. The number of carboxylic acid groups (broad SMARTS) is 1. The van der Waals surface area contributed by atoms with Crippen molar-refractivity contribution in [3.63, 3.8) is 0 Å². The van der Waals surface area contributed by atoms with Crippen molar-refractivity contribution in [3.8, 4) is 0 Å². The lowest BCUT2D eigenvalue weighted by molar-refractivity contribution is -0.160. The molecule has 3 N–H and O–H groups in total. The van der Waals surface area contributed by atoms with Crippen molar-refractivity contribution in [1.29, 1.82) is 0 Å². The molecule has 0 aromatic carbocycles. The van der Waals surface area contributed by atoms with E-state index in [2.05, 4.69) is 4.74 Å². The lowest BCUT2D eigenvalue weighted by atomic mass is 10.1. The second-order valence-corrected chi connectivity index (χ2v) is 2.22. The molecule has 66 valence electrons. The molecule has 0 aromatic rings. The van der Waals surface area contributed by atoms with Crippen molar-refractivity contribution in [2.24, 2.45) is 0 Å². The van der Waals surface area contributed by atoms with Crippen LogP contribution in [0, 0.1) is 0 Å². The molecule has 0 aliphatic rings. The number of aliphatic hydroxyl groups excluding tert-OH is 2. The van der Waals surface area contributed by atoms with Gasteiger partial charge in [-0.25, -0.2) is 4.79 Å². The van der Waals surface area contributed by atoms with Crippen molar-refractivity contribution in [2.75, 3.05) is 7.11 Å². The number of aliphatic hydroxyl groups is 2. The Morgan fingerprint density at radius 1 is 1.45 bits per heavy atom. The molecule has 0 heterocycles. The predicted octanol–water partition coefficient (Wildman–Crippen LogP) is -1.17. The zero-order valence-electron chi connectivity index (χ0n) is 6.39. The van der Waals surface area contributed by atoms with Gasteiger partial charge in [-0.15, -0.1) is 0 Å². The van der Waals surface area contributed by atoms with Crippen LogP contribution >= 0.6 is 0 Å². The minimum atomic E-state index is -1.68. The molecule has 5 nitrogen and oxygen atoms in total. The number of carbonyl (C=O) groups is 1. The highest BCUT2D eigenvalue weighted by Gasteiger charge is 2.29. The maximum Gasteiger partial charge on any atom is 0.335 e. The van der Waals surface area contributed by atoms with Crippen LogP contribution in [0.1, 0.15) is 6.92 Å². The molecular formula is C6H12O5. The molecule has 0 aliphatic carbocycles. The number of rotatable bonds is 4. The van der Waals surface area contributed by atoms with E-state index in [0.29, 0.717) is 0 Å². The fourth-order valence-electron chi connectivity index (χ4n) is 0.730. The van der Waals surface area contributed by atoms with Gasteiger partial charge in [-0.05, 0) is 6.92 Å². The Kier molecular flexibility index (Phi) is 4.02. The van der Waals surface area contributed by atoms with Crippen LogP contribution in [0.5, 0.6) is 0 Å². The minimum absolute atomic E-state index is 1.01. The fourth-order valence-corrected chi connectivity index (χ4v) is 0.730. The highest BCUT2D eigenvalue weighted by atomic mass is 16.5. The predicted molar refractivity (Wildman–Crippen MR) is 36.1 cm³/mol. The van der Waals surface area contributed by atoms with Crippen molar-refractivity contribution < 1.29 is 24.9 Å². The van der Waals surface area contributed by atoms with E-state index < -0.39 is 24.3 Å². The molecule has 0 unspecified atom stereocenters. The van der Waals surface area contributed by atoms with Gasteiger partial charge in [0.05, 0.1) is 6.10 Å². The van der Waals surface area contributed by atoms with Crippen molar-refractivity contribution in [2.45, 2.75) is 25.2 Å². The van der Waals surface area contributed by atoms with Gasteiger partial charge < -0.3 is 20.1 Å². The summed E-state index contributed by atoms with van der Waals surface area (Å²) in [7, 11) is 1.23. The molecule has 0 spiro atoms. The molecule has 0 bridgehead atoms. The zero-order chi connectivity index (χ0) is 9.02. The summed E-state index contributed by atoms with van der Waals surface area (Å²) in [5.74, 6) is -1.40. The van der Waals surface area contributed by atoms with E-state index in [9.17, 15) is 4.79 Å². The first-order valence-electron chi connectivity index (χ1n) is 3.12. The van der Waals surface area contributed by atoms with E-state index in [4.69, 9.17) is 15.3 Å². The summed E-state index contributed by atoms with van der Waals surface area (Å²) in [6.07, 6.45) is -3.77. The van der Waals surface area contributed by atoms with Crippen LogP contribution in [0.3, 0.4) is 0 Å². The first-order valence-corrected chi connectivity index (χ1v) is 3.12. The van der Waals surface area contributed by atoms with Crippen LogP contribution in [-0.4, -0.2) is 46.7 Å². The van der Waals surface area contributed by atoms with E-state index in [-0.39, 0.29) is 0 Å². The summed E-state index contributed by atoms with van der Waals surface area (Å²) in [6.45, 7) is 1.35. The number of carboxylic acids is 1. The molecule has 11 heavy (non-hydrogen) atoms. The van der Waals surface area contributed by atoms with Gasteiger partial charge in [0.25, 0.3) is 0 Å². The monoisotopic (exact) mass is 164 g/mol. The maximum atomic E-state index is 10.2. The molecule has 0 saturated heterocycles. The average Bonchev–Trinajstić information content (AvgIpc) is 1.88. The molecule has 0 fully saturated rings. The lowest BCUT2D eigenvalue weighted by Gasteiger charge is -2.20. The van der Waals surface area contributed by atoms with Gasteiger partial charge >= 0.3 is 5.97 Å². The van der Waals surface area contributed by atoms with Crippen molar-refractivity contribution in [1.82, 2.24) is 0 Å². The summed E-state index contributed by atoms with van der Waals surface area (Å²) in [6, 6.07) is 0. The smallest absolute Gasteiger partial charge is 0.335 e. The Labute approximate surface area is 64.2 Å². The summed E-state index contributed by atoms with van der Waals surface area (Å²) in [4.78, 5) is 10.2. The second-order valence-electron chi connectivity index (χ2n) is 2.22. The first-order chi connectivity index (χ1) is 5.00. The highest BCUT2D eigenvalue weighted by molar-refractivity contribution is 5.72. The normalized spacial score (nSPS) is 18.9. The standard InChI is InChI=1S/C6H12O5/c1-3(7)5(11-2)4(8)6(9)10/h3-5,7-8H,1-2H3,(H,9,10)/t3-,4+,5-/m0/s1. The van der Waals surface area contributed by atoms with Gasteiger partial charge in [0, 0.05) is 7.11 Å². The number of hydrogen-bond donors (Lipinski definition) is 3. The highest BCUT2D eigenvalue weighted by Crippen LogP contribution is 2.03. The van der Waals surface area contributed by atoms with Crippen LogP contribution in [0.15, 0.2) is 0 Å². The Bertz CT molecular complexity index is 133. The summed E-state index contributed by atoms with van der Waals surface area (Å²) < 4.78 is 4.55. The molecule has 0 amide bonds. The van der Waals surface area contributed by atoms with Crippen LogP contribution in [0.4, 0.5) is 0 Å². The van der Waals surface area contributed by atoms with Gasteiger partial charge in [0.15, 0.2) is 6.10 Å². The number of hydrogen-bond acceptors (Lipinski definition) is 4. The second kappa shape index (κ2) is 4.27. The van der Waals surface area contributed by atoms with Gasteiger partial charge in [-0.2, -0.15) is 0 Å². The third-order valence-electron chi connectivity index (χ3n) is 1.31. The van der Waals surface area contributed by atoms with E-state index in [0.717, 1.165) is 0 Å². The van der Waals surface area contributed by atoms with Crippen LogP contribution in [0.2, 0.25) is 0 Å². The number of methoxy groups -OCH3 is 1. The summed E-state index contributed by atoms with van der Waals surface area (Å²) >= 11 is 0. The van der Waals surface area contributed by atoms with E-state index in [1.165, 1.54) is 14.0 Å². The average molecular weight is 164 g/mol. The molecule has 0 saturated carbocycles. The molecule has 0 aliphatic heterocycles. The van der Waals surface area contributed by atoms with E-state index in [1.807, 2.05) is 0 Å². The van der Waals surface area contributed by atoms with Gasteiger partial charge in [-0.1, -0.05) is 0 Å². The Hall–Kier alpha value is -0.650. The van der Waals surface area contributed by atoms with Crippen molar-refractivity contribution in [3.05, 3.63) is 0 Å². The largest absolute Gasteiger partial charge is 0.479 e. The molecule has 0 aromatic heterocycles. The van der Waals surface area contributed by atoms with E-state index in [1.54, 1.807) is 0 Å². The van der Waals surface area contributed by atoms with Crippen LogP contribution in [-0.2, 0) is 9.53 Å². The van der Waals surface area contributed by atoms with Gasteiger partial charge in [0.1, 0.15) is 6.10 Å². The quantitative estimate of drug-likeness (QED) is 0.487. The molecular weight excluding hydrogens is 152 g/mol. The summed E-state index contributed by atoms with van der Waals surface area (Å²) in [5, 5.41) is 26.0. The Balaban J connectivity index is 4.13. The molecule has 0 rings (SSSR count). The topological polar surface area (TPSA) is 87.0 Å². The molecule has 0 radical (unpaired) electrons. The van der Waals surface area contributed by atoms with Crippen molar-refractivity contribution >= 4 is 5.97 Å². The zero-order valence-corrected chi connectivity index (χ0v) is 6.39. The number of aliphatic carboxylic acids is 1.